The van der Waals surface area contributed by atoms with E-state index < -0.39 is 0 Å². The van der Waals surface area contributed by atoms with Crippen LogP contribution in [0.1, 0.15) is 19.4 Å². The third-order valence-corrected chi connectivity index (χ3v) is 3.05. The van der Waals surface area contributed by atoms with Gasteiger partial charge in [-0.15, -0.1) is 0 Å². The summed E-state index contributed by atoms with van der Waals surface area (Å²) in [4.78, 5) is 0. The van der Waals surface area contributed by atoms with Crippen molar-refractivity contribution in [3.8, 4) is 0 Å². The van der Waals surface area contributed by atoms with E-state index in [1.807, 2.05) is 43.8 Å². The predicted molar refractivity (Wildman–Crippen MR) is 82.4 cm³/mol. The average molecular weight is 246 g/mol. The monoisotopic (exact) mass is 246 g/mol. The van der Waals surface area contributed by atoms with E-state index in [-0.39, 0.29) is 0 Å². The lowest BCUT2D eigenvalue weighted by atomic mass is 10.2. The van der Waals surface area contributed by atoms with Gasteiger partial charge >= 0.3 is 0 Å². The van der Waals surface area contributed by atoms with Crippen LogP contribution in [0.5, 0.6) is 0 Å². The highest BCUT2D eigenvalue weighted by Gasteiger charge is 1.94. The quantitative estimate of drug-likeness (QED) is 0.618. The lowest BCUT2D eigenvalue weighted by molar-refractivity contribution is 1.40. The van der Waals surface area contributed by atoms with Crippen LogP contribution in [-0.2, 0) is 5.75 Å². The molecule has 0 amide bonds. The van der Waals surface area contributed by atoms with Gasteiger partial charge in [0.15, 0.2) is 0 Å². The zero-order chi connectivity index (χ0) is 12.9. The van der Waals surface area contributed by atoms with E-state index in [9.17, 15) is 0 Å². The third-order valence-electron chi connectivity index (χ3n) is 1.97. The number of hydrogen-bond acceptors (Lipinski definition) is 1. The molecule has 0 unspecified atom stereocenters. The smallest absolute Gasteiger partial charge is 0.0187 e. The maximum Gasteiger partial charge on any atom is 0.0187 e. The molecule has 0 heterocycles. The van der Waals surface area contributed by atoms with Gasteiger partial charge < -0.3 is 0 Å². The molecule has 17 heavy (non-hydrogen) atoms. The second kappa shape index (κ2) is 11.3. The second-order valence-electron chi connectivity index (χ2n) is 3.16. The Morgan fingerprint density at radius 1 is 1.18 bits per heavy atom. The van der Waals surface area contributed by atoms with Gasteiger partial charge in [-0.25, -0.2) is 0 Å². The predicted octanol–water partition coefficient (Wildman–Crippen LogP) is 5.24. The van der Waals surface area contributed by atoms with E-state index in [0.717, 1.165) is 11.5 Å². The standard InChI is InChI=1S/C14H16S.C2H6/c1-3-8-13(4-2)11-15-12-14-9-6-5-7-10-14;1-2/h3-10H,1-2,11-12H2;1-2H3/b13-8+;. The molecule has 92 valence electrons. The molecule has 0 spiro atoms. The lowest BCUT2D eigenvalue weighted by Crippen LogP contribution is -1.85. The van der Waals surface area contributed by atoms with E-state index in [1.165, 1.54) is 11.1 Å². The van der Waals surface area contributed by atoms with Crippen molar-refractivity contribution in [3.63, 3.8) is 0 Å². The Bertz CT molecular complexity index is 336. The zero-order valence-corrected chi connectivity index (χ0v) is 11.7. The average Bonchev–Trinajstić information content (AvgIpc) is 2.41. The number of allylic oxidation sites excluding steroid dienone is 3. The summed E-state index contributed by atoms with van der Waals surface area (Å²) >= 11 is 1.89. The highest BCUT2D eigenvalue weighted by molar-refractivity contribution is 7.98. The number of hydrogen-bond donors (Lipinski definition) is 0. The van der Waals surface area contributed by atoms with Crippen LogP contribution in [0.15, 0.2) is 67.3 Å². The maximum atomic E-state index is 3.78. The molecule has 0 nitrogen and oxygen atoms in total. The van der Waals surface area contributed by atoms with Crippen molar-refractivity contribution in [2.45, 2.75) is 19.6 Å². The first-order valence-corrected chi connectivity index (χ1v) is 7.08. The summed E-state index contributed by atoms with van der Waals surface area (Å²) in [6, 6.07) is 10.5. The summed E-state index contributed by atoms with van der Waals surface area (Å²) in [5.41, 5.74) is 2.59. The molecular weight excluding hydrogens is 224 g/mol. The molecular formula is C16H22S. The normalized spacial score (nSPS) is 10.1. The van der Waals surface area contributed by atoms with Crippen molar-refractivity contribution >= 4 is 11.8 Å². The Labute approximate surface area is 110 Å². The fourth-order valence-electron chi connectivity index (χ4n) is 1.19. The molecule has 0 aliphatic rings. The molecule has 1 rings (SSSR count). The first-order valence-electron chi connectivity index (χ1n) is 5.92. The molecule has 1 aromatic carbocycles. The van der Waals surface area contributed by atoms with E-state index >= 15 is 0 Å². The largest absolute Gasteiger partial charge is 0.152 e. The Morgan fingerprint density at radius 3 is 2.35 bits per heavy atom. The summed E-state index contributed by atoms with van der Waals surface area (Å²) < 4.78 is 0. The van der Waals surface area contributed by atoms with Gasteiger partial charge in [-0.2, -0.15) is 11.8 Å². The Hall–Kier alpha value is -1.21. The molecule has 0 aliphatic carbocycles. The number of thioether (sulfide) groups is 1. The van der Waals surface area contributed by atoms with E-state index in [4.69, 9.17) is 0 Å². The molecule has 0 radical (unpaired) electrons. The van der Waals surface area contributed by atoms with Crippen LogP contribution in [-0.4, -0.2) is 5.75 Å². The van der Waals surface area contributed by atoms with E-state index in [2.05, 4.69) is 37.4 Å². The number of rotatable bonds is 6. The maximum absolute atomic E-state index is 3.78. The van der Waals surface area contributed by atoms with Gasteiger partial charge in [0.2, 0.25) is 0 Å². The summed E-state index contributed by atoms with van der Waals surface area (Å²) in [6.45, 7) is 11.5. The first kappa shape index (κ1) is 15.8. The Morgan fingerprint density at radius 2 is 1.82 bits per heavy atom. The zero-order valence-electron chi connectivity index (χ0n) is 10.9. The van der Waals surface area contributed by atoms with Gasteiger partial charge in [-0.05, 0) is 11.1 Å². The topological polar surface area (TPSA) is 0 Å². The molecule has 0 bridgehead atoms. The van der Waals surface area contributed by atoms with Gasteiger partial charge in [0.25, 0.3) is 0 Å². The van der Waals surface area contributed by atoms with E-state index in [0.29, 0.717) is 0 Å². The fraction of sp³-hybridized carbons (Fsp3) is 0.250. The molecule has 1 heteroatoms. The van der Waals surface area contributed by atoms with Crippen molar-refractivity contribution < 1.29 is 0 Å². The van der Waals surface area contributed by atoms with Crippen molar-refractivity contribution in [2.24, 2.45) is 0 Å². The highest BCUT2D eigenvalue weighted by Crippen LogP contribution is 2.15. The Balaban J connectivity index is 0.00000121. The summed E-state index contributed by atoms with van der Waals surface area (Å²) in [5, 5.41) is 0. The SMILES string of the molecule is C=C/C=C(\C=C)CSCc1ccccc1.CC. The Kier molecular flexibility index (Phi) is 10.5. The molecule has 0 N–H and O–H groups in total. The van der Waals surface area contributed by atoms with Crippen LogP contribution >= 0.6 is 11.8 Å². The van der Waals surface area contributed by atoms with Crippen LogP contribution < -0.4 is 0 Å². The van der Waals surface area contributed by atoms with Crippen LogP contribution in [0.3, 0.4) is 0 Å². The number of benzene rings is 1. The highest BCUT2D eigenvalue weighted by atomic mass is 32.2. The minimum atomic E-state index is 0.990. The van der Waals surface area contributed by atoms with Crippen LogP contribution in [0.2, 0.25) is 0 Å². The molecule has 1 aromatic rings. The van der Waals surface area contributed by atoms with Crippen molar-refractivity contribution in [2.75, 3.05) is 5.75 Å². The van der Waals surface area contributed by atoms with Gasteiger partial charge in [-0.3, -0.25) is 0 Å². The second-order valence-corrected chi connectivity index (χ2v) is 4.15. The minimum absolute atomic E-state index is 0.990. The molecule has 0 fully saturated rings. The summed E-state index contributed by atoms with van der Waals surface area (Å²) in [6.07, 6.45) is 5.70. The molecule has 0 atom stereocenters. The lowest BCUT2D eigenvalue weighted by Gasteiger charge is -2.02. The molecule has 0 aliphatic heterocycles. The van der Waals surface area contributed by atoms with Crippen molar-refractivity contribution in [1.29, 1.82) is 0 Å². The van der Waals surface area contributed by atoms with Crippen molar-refractivity contribution in [1.82, 2.24) is 0 Å². The van der Waals surface area contributed by atoms with Crippen LogP contribution in [0.25, 0.3) is 0 Å². The van der Waals surface area contributed by atoms with Gasteiger partial charge in [0, 0.05) is 11.5 Å². The summed E-state index contributed by atoms with van der Waals surface area (Å²) in [7, 11) is 0. The summed E-state index contributed by atoms with van der Waals surface area (Å²) in [5.74, 6) is 2.04. The van der Waals surface area contributed by atoms with Crippen molar-refractivity contribution in [3.05, 3.63) is 72.9 Å². The third kappa shape index (κ3) is 7.64. The molecule has 0 aromatic heterocycles. The first-order chi connectivity index (χ1) is 8.36. The van der Waals surface area contributed by atoms with E-state index in [1.54, 1.807) is 6.08 Å². The van der Waals surface area contributed by atoms with Crippen LogP contribution in [0, 0.1) is 0 Å². The molecule has 0 saturated heterocycles. The minimum Gasteiger partial charge on any atom is -0.152 e. The van der Waals surface area contributed by atoms with Gasteiger partial charge in [0.05, 0.1) is 0 Å². The molecule has 0 saturated carbocycles. The van der Waals surface area contributed by atoms with Gasteiger partial charge in [-0.1, -0.05) is 75.6 Å². The van der Waals surface area contributed by atoms with Crippen LogP contribution in [0.4, 0.5) is 0 Å². The fourth-order valence-corrected chi connectivity index (χ4v) is 2.17. The van der Waals surface area contributed by atoms with Gasteiger partial charge in [0.1, 0.15) is 0 Å².